The largest absolute Gasteiger partial charge is 0.479 e. The normalized spacial score (nSPS) is 24.3. The topological polar surface area (TPSA) is 117 Å². The molecule has 0 aromatic carbocycles. The Morgan fingerprint density at radius 2 is 1.92 bits per heavy atom. The van der Waals surface area contributed by atoms with Gasteiger partial charge in [-0.05, 0) is 19.3 Å². The number of amides is 3. The number of carboxylic acid groups (broad SMARTS) is 1. The number of nitrogens with one attached hydrogen (secondary N) is 3. The van der Waals surface area contributed by atoms with Gasteiger partial charge in [-0.15, -0.1) is 0 Å². The molecule has 0 spiro atoms. The van der Waals surface area contributed by atoms with Crippen molar-refractivity contribution in [3.63, 3.8) is 0 Å². The summed E-state index contributed by atoms with van der Waals surface area (Å²) in [7, 11) is 0. The van der Waals surface area contributed by atoms with Crippen molar-refractivity contribution in [2.75, 3.05) is 19.8 Å². The second-order valence-corrected chi connectivity index (χ2v) is 6.58. The second kappa shape index (κ2) is 8.86. The number of aliphatic carboxylic acids is 1. The molecule has 3 amide bonds. The Morgan fingerprint density at radius 1 is 1.17 bits per heavy atom. The molecular formula is C16H27N3O5. The van der Waals surface area contributed by atoms with Crippen LogP contribution in [-0.2, 0) is 14.3 Å². The predicted octanol–water partition coefficient (Wildman–Crippen LogP) is 0.758. The van der Waals surface area contributed by atoms with E-state index in [1.165, 1.54) is 6.42 Å². The number of hydrogen-bond acceptors (Lipinski definition) is 4. The van der Waals surface area contributed by atoms with E-state index in [-0.39, 0.29) is 37.4 Å². The minimum atomic E-state index is -1.30. The first kappa shape index (κ1) is 18.5. The summed E-state index contributed by atoms with van der Waals surface area (Å²) in [6.07, 6.45) is 6.48. The Kier molecular flexibility index (Phi) is 6.84. The van der Waals surface area contributed by atoms with Crippen LogP contribution in [0.25, 0.3) is 0 Å². The minimum absolute atomic E-state index is 0.00385. The van der Waals surface area contributed by atoms with E-state index in [4.69, 9.17) is 4.74 Å². The molecule has 1 saturated carbocycles. The van der Waals surface area contributed by atoms with E-state index in [1.807, 2.05) is 0 Å². The maximum atomic E-state index is 11.9. The Balaban J connectivity index is 1.60. The molecule has 1 unspecified atom stereocenters. The van der Waals surface area contributed by atoms with Gasteiger partial charge in [-0.25, -0.2) is 9.59 Å². The molecule has 0 radical (unpaired) electrons. The molecule has 1 saturated heterocycles. The van der Waals surface area contributed by atoms with Gasteiger partial charge in [0.2, 0.25) is 5.91 Å². The highest BCUT2D eigenvalue weighted by molar-refractivity contribution is 5.87. The third kappa shape index (κ3) is 5.36. The fourth-order valence-corrected chi connectivity index (χ4v) is 3.15. The quantitative estimate of drug-likeness (QED) is 0.510. The highest BCUT2D eigenvalue weighted by Gasteiger charge is 2.43. The molecule has 136 valence electrons. The van der Waals surface area contributed by atoms with Crippen molar-refractivity contribution in [1.29, 1.82) is 0 Å². The predicted molar refractivity (Wildman–Crippen MR) is 86.6 cm³/mol. The summed E-state index contributed by atoms with van der Waals surface area (Å²) in [5, 5.41) is 17.5. The molecule has 8 heteroatoms. The van der Waals surface area contributed by atoms with Crippen LogP contribution in [0.15, 0.2) is 0 Å². The fraction of sp³-hybridized carbons (Fsp3) is 0.812. The van der Waals surface area contributed by atoms with Crippen LogP contribution in [0.3, 0.4) is 0 Å². The smallest absolute Gasteiger partial charge is 0.331 e. The van der Waals surface area contributed by atoms with Crippen LogP contribution < -0.4 is 16.0 Å². The Labute approximate surface area is 141 Å². The first-order chi connectivity index (χ1) is 11.5. The number of hydrogen-bond donors (Lipinski definition) is 4. The molecular weight excluding hydrogens is 314 g/mol. The van der Waals surface area contributed by atoms with Gasteiger partial charge in [-0.2, -0.15) is 0 Å². The maximum absolute atomic E-state index is 11.9. The van der Waals surface area contributed by atoms with E-state index in [2.05, 4.69) is 16.0 Å². The Bertz CT molecular complexity index is 457. The van der Waals surface area contributed by atoms with E-state index < -0.39 is 11.5 Å². The zero-order chi connectivity index (χ0) is 17.4. The van der Waals surface area contributed by atoms with Crippen molar-refractivity contribution in [2.24, 2.45) is 0 Å². The van der Waals surface area contributed by atoms with Crippen molar-refractivity contribution in [1.82, 2.24) is 16.0 Å². The number of urea groups is 1. The number of rotatable bonds is 7. The van der Waals surface area contributed by atoms with E-state index in [0.29, 0.717) is 19.6 Å². The zero-order valence-electron chi connectivity index (χ0n) is 13.9. The van der Waals surface area contributed by atoms with Gasteiger partial charge in [0.05, 0.1) is 6.61 Å². The van der Waals surface area contributed by atoms with Gasteiger partial charge < -0.3 is 25.8 Å². The van der Waals surface area contributed by atoms with Crippen LogP contribution in [0.5, 0.6) is 0 Å². The molecule has 8 nitrogen and oxygen atoms in total. The first-order valence-electron chi connectivity index (χ1n) is 8.68. The number of carboxylic acids is 1. The maximum Gasteiger partial charge on any atom is 0.331 e. The van der Waals surface area contributed by atoms with Gasteiger partial charge >= 0.3 is 12.0 Å². The summed E-state index contributed by atoms with van der Waals surface area (Å²) in [6.45, 7) is 0.703. The van der Waals surface area contributed by atoms with E-state index in [0.717, 1.165) is 25.7 Å². The molecule has 2 aliphatic rings. The fourth-order valence-electron chi connectivity index (χ4n) is 3.15. The molecule has 24 heavy (non-hydrogen) atoms. The summed E-state index contributed by atoms with van der Waals surface area (Å²) in [5.74, 6) is -1.41. The highest BCUT2D eigenvalue weighted by atomic mass is 16.5. The van der Waals surface area contributed by atoms with E-state index in [1.54, 1.807) is 0 Å². The lowest BCUT2D eigenvalue weighted by Crippen LogP contribution is -2.55. The van der Waals surface area contributed by atoms with Crippen LogP contribution in [0.2, 0.25) is 0 Å². The third-order valence-corrected chi connectivity index (χ3v) is 4.62. The van der Waals surface area contributed by atoms with Gasteiger partial charge in [0, 0.05) is 32.0 Å². The van der Waals surface area contributed by atoms with Crippen molar-refractivity contribution in [2.45, 2.75) is 62.9 Å². The average Bonchev–Trinajstić information content (AvgIpc) is 3.02. The van der Waals surface area contributed by atoms with Gasteiger partial charge in [0.1, 0.15) is 0 Å². The van der Waals surface area contributed by atoms with Crippen LogP contribution >= 0.6 is 0 Å². The molecule has 1 heterocycles. The van der Waals surface area contributed by atoms with E-state index >= 15 is 0 Å². The SMILES string of the molecule is O=C(CCCNC(=O)NC1CCCCC1)NC1(C(=O)O)CCOC1. The van der Waals surface area contributed by atoms with Crippen LogP contribution in [0.4, 0.5) is 4.79 Å². The molecule has 2 rings (SSSR count). The van der Waals surface area contributed by atoms with Crippen molar-refractivity contribution < 1.29 is 24.2 Å². The monoisotopic (exact) mass is 341 g/mol. The number of carbonyl (C=O) groups is 3. The molecule has 0 bridgehead atoms. The standard InChI is InChI=1S/C16H27N3O5/c20-13(19-16(14(21)22)8-10-24-11-16)7-4-9-17-15(23)18-12-5-2-1-3-6-12/h12H,1-11H2,(H,19,20)(H,21,22)(H2,17,18,23). The van der Waals surface area contributed by atoms with Crippen LogP contribution in [-0.4, -0.2) is 54.4 Å². The molecule has 0 aromatic heterocycles. The van der Waals surface area contributed by atoms with Crippen molar-refractivity contribution >= 4 is 17.9 Å². The molecule has 0 aromatic rings. The summed E-state index contributed by atoms with van der Waals surface area (Å²) in [5.41, 5.74) is -1.30. The highest BCUT2D eigenvalue weighted by Crippen LogP contribution is 2.19. The number of carbonyl (C=O) groups excluding carboxylic acids is 2. The Morgan fingerprint density at radius 3 is 2.54 bits per heavy atom. The lowest BCUT2D eigenvalue weighted by molar-refractivity contribution is -0.147. The van der Waals surface area contributed by atoms with E-state index in [9.17, 15) is 19.5 Å². The van der Waals surface area contributed by atoms with Crippen LogP contribution in [0.1, 0.15) is 51.4 Å². The first-order valence-corrected chi connectivity index (χ1v) is 8.68. The third-order valence-electron chi connectivity index (χ3n) is 4.62. The average molecular weight is 341 g/mol. The summed E-state index contributed by atoms with van der Waals surface area (Å²) in [4.78, 5) is 35.0. The molecule has 1 atom stereocenters. The lowest BCUT2D eigenvalue weighted by Gasteiger charge is -2.24. The van der Waals surface area contributed by atoms with Gasteiger partial charge in [0.25, 0.3) is 0 Å². The molecule has 2 fully saturated rings. The molecule has 1 aliphatic heterocycles. The molecule has 1 aliphatic carbocycles. The van der Waals surface area contributed by atoms with Crippen LogP contribution in [0, 0.1) is 0 Å². The van der Waals surface area contributed by atoms with Gasteiger partial charge in [-0.3, -0.25) is 4.79 Å². The summed E-state index contributed by atoms with van der Waals surface area (Å²) in [6, 6.07) is 0.0494. The van der Waals surface area contributed by atoms with Gasteiger partial charge in [0.15, 0.2) is 5.54 Å². The van der Waals surface area contributed by atoms with Gasteiger partial charge in [-0.1, -0.05) is 19.3 Å². The zero-order valence-corrected chi connectivity index (χ0v) is 13.9. The number of ether oxygens (including phenoxy) is 1. The Hall–Kier alpha value is -1.83. The van der Waals surface area contributed by atoms with Crippen molar-refractivity contribution in [3.8, 4) is 0 Å². The second-order valence-electron chi connectivity index (χ2n) is 6.58. The summed E-state index contributed by atoms with van der Waals surface area (Å²) >= 11 is 0. The molecule has 4 N–H and O–H groups in total. The lowest BCUT2D eigenvalue weighted by atomic mass is 9.96. The summed E-state index contributed by atoms with van der Waals surface area (Å²) < 4.78 is 5.09. The van der Waals surface area contributed by atoms with Crippen molar-refractivity contribution in [3.05, 3.63) is 0 Å². The minimum Gasteiger partial charge on any atom is -0.479 e.